The molecule has 0 aromatic heterocycles. The molecule has 0 fully saturated rings. The minimum absolute atomic E-state index is 0.125. The molecular formula is C29H32N2O4. The van der Waals surface area contributed by atoms with Gasteiger partial charge in [0, 0.05) is 18.7 Å². The molecule has 1 aliphatic heterocycles. The van der Waals surface area contributed by atoms with E-state index in [2.05, 4.69) is 36.5 Å². The molecule has 3 aromatic carbocycles. The van der Waals surface area contributed by atoms with Crippen molar-refractivity contribution >= 4 is 17.5 Å². The van der Waals surface area contributed by atoms with Crippen molar-refractivity contribution in [3.8, 4) is 11.5 Å². The van der Waals surface area contributed by atoms with Crippen LogP contribution in [0.2, 0.25) is 0 Å². The summed E-state index contributed by atoms with van der Waals surface area (Å²) in [6.45, 7) is 6.35. The monoisotopic (exact) mass is 472 g/mol. The quantitative estimate of drug-likeness (QED) is 0.507. The number of ether oxygens (including phenoxy) is 2. The Morgan fingerprint density at radius 1 is 1.03 bits per heavy atom. The van der Waals surface area contributed by atoms with Crippen LogP contribution in [0.4, 0.5) is 5.69 Å². The highest BCUT2D eigenvalue weighted by atomic mass is 16.5. The second kappa shape index (κ2) is 10.6. The Bertz CT molecular complexity index is 1190. The number of carbonyl (C=O) groups is 2. The summed E-state index contributed by atoms with van der Waals surface area (Å²) in [4.78, 5) is 27.5. The maximum Gasteiger partial charge on any atom is 0.265 e. The van der Waals surface area contributed by atoms with Gasteiger partial charge in [-0.1, -0.05) is 42.8 Å². The van der Waals surface area contributed by atoms with Crippen molar-refractivity contribution in [2.45, 2.75) is 45.8 Å². The largest absolute Gasteiger partial charge is 0.497 e. The molecule has 0 radical (unpaired) electrons. The molecule has 0 bridgehead atoms. The fraction of sp³-hybridized carbons (Fsp3) is 0.310. The molecule has 0 saturated carbocycles. The number of hydrogen-bond acceptors (Lipinski definition) is 4. The zero-order valence-electron chi connectivity index (χ0n) is 20.7. The summed E-state index contributed by atoms with van der Waals surface area (Å²) < 4.78 is 11.2. The van der Waals surface area contributed by atoms with E-state index in [1.165, 1.54) is 11.1 Å². The van der Waals surface area contributed by atoms with Gasteiger partial charge < -0.3 is 19.7 Å². The topological polar surface area (TPSA) is 67.9 Å². The number of amides is 2. The van der Waals surface area contributed by atoms with Crippen LogP contribution in [0.3, 0.4) is 0 Å². The molecule has 6 nitrogen and oxygen atoms in total. The van der Waals surface area contributed by atoms with Crippen molar-refractivity contribution in [2.75, 3.05) is 19.0 Å². The van der Waals surface area contributed by atoms with E-state index in [4.69, 9.17) is 9.47 Å². The predicted octanol–water partition coefficient (Wildman–Crippen LogP) is 5.29. The van der Waals surface area contributed by atoms with Crippen LogP contribution in [0.5, 0.6) is 11.5 Å². The van der Waals surface area contributed by atoms with E-state index < -0.39 is 6.10 Å². The predicted molar refractivity (Wildman–Crippen MR) is 137 cm³/mol. The van der Waals surface area contributed by atoms with E-state index in [-0.39, 0.29) is 17.9 Å². The van der Waals surface area contributed by atoms with E-state index in [1.807, 2.05) is 30.0 Å². The number of methoxy groups -OCH3 is 1. The van der Waals surface area contributed by atoms with Gasteiger partial charge in [0.15, 0.2) is 6.10 Å². The fourth-order valence-electron chi connectivity index (χ4n) is 4.42. The average Bonchev–Trinajstić information content (AvgIpc) is 2.88. The molecule has 35 heavy (non-hydrogen) atoms. The lowest BCUT2D eigenvalue weighted by molar-refractivity contribution is -0.133. The highest BCUT2D eigenvalue weighted by Gasteiger charge is 2.32. The van der Waals surface area contributed by atoms with Crippen LogP contribution >= 0.6 is 0 Å². The van der Waals surface area contributed by atoms with Gasteiger partial charge in [0.2, 0.25) is 5.91 Å². The zero-order valence-corrected chi connectivity index (χ0v) is 20.7. The van der Waals surface area contributed by atoms with E-state index in [0.717, 1.165) is 23.3 Å². The minimum atomic E-state index is -0.704. The highest BCUT2D eigenvalue weighted by molar-refractivity contribution is 5.94. The molecule has 0 spiro atoms. The Morgan fingerprint density at radius 2 is 1.71 bits per heavy atom. The van der Waals surface area contributed by atoms with Gasteiger partial charge in [0.05, 0.1) is 13.2 Å². The zero-order chi connectivity index (χ0) is 24.9. The molecule has 0 saturated heterocycles. The summed E-state index contributed by atoms with van der Waals surface area (Å²) in [5.41, 5.74) is 5.15. The van der Waals surface area contributed by atoms with Crippen molar-refractivity contribution in [1.82, 2.24) is 4.90 Å². The fourth-order valence-corrected chi connectivity index (χ4v) is 4.42. The summed E-state index contributed by atoms with van der Waals surface area (Å²) in [5, 5.41) is 2.87. The third kappa shape index (κ3) is 5.48. The molecule has 1 heterocycles. The summed E-state index contributed by atoms with van der Waals surface area (Å²) in [6, 6.07) is 21.2. The van der Waals surface area contributed by atoms with Gasteiger partial charge in [-0.3, -0.25) is 9.59 Å². The molecule has 1 aliphatic rings. The second-order valence-corrected chi connectivity index (χ2v) is 8.84. The smallest absolute Gasteiger partial charge is 0.265 e. The molecule has 4 rings (SSSR count). The molecule has 2 atom stereocenters. The van der Waals surface area contributed by atoms with Crippen molar-refractivity contribution in [1.29, 1.82) is 0 Å². The van der Waals surface area contributed by atoms with E-state index in [9.17, 15) is 9.59 Å². The first-order valence-electron chi connectivity index (χ1n) is 12.0. The molecule has 182 valence electrons. The summed E-state index contributed by atoms with van der Waals surface area (Å²) in [7, 11) is 1.60. The van der Waals surface area contributed by atoms with Gasteiger partial charge in [0.1, 0.15) is 11.5 Å². The molecular weight excluding hydrogens is 440 g/mol. The summed E-state index contributed by atoms with van der Waals surface area (Å²) >= 11 is 0. The lowest BCUT2D eigenvalue weighted by atomic mass is 9.87. The van der Waals surface area contributed by atoms with Crippen molar-refractivity contribution in [3.05, 3.63) is 89.0 Å². The summed E-state index contributed by atoms with van der Waals surface area (Å²) in [6.07, 6.45) is 0.540. The lowest BCUT2D eigenvalue weighted by Gasteiger charge is -2.38. The Hall–Kier alpha value is -3.80. The van der Waals surface area contributed by atoms with Gasteiger partial charge >= 0.3 is 0 Å². The number of aryl methyl sites for hydroxylation is 1. The number of hydrogen-bond donors (Lipinski definition) is 1. The lowest BCUT2D eigenvalue weighted by Crippen LogP contribution is -2.40. The second-order valence-electron chi connectivity index (χ2n) is 8.84. The van der Waals surface area contributed by atoms with E-state index in [0.29, 0.717) is 24.4 Å². The molecule has 2 amide bonds. The van der Waals surface area contributed by atoms with Gasteiger partial charge in [-0.25, -0.2) is 0 Å². The normalized spacial score (nSPS) is 15.7. The molecule has 0 unspecified atom stereocenters. The third-order valence-electron chi connectivity index (χ3n) is 6.40. The molecule has 0 aliphatic carbocycles. The number of nitrogens with zero attached hydrogens (tertiary/aromatic N) is 1. The molecule has 3 aromatic rings. The first-order chi connectivity index (χ1) is 16.9. The van der Waals surface area contributed by atoms with Gasteiger partial charge in [-0.15, -0.1) is 0 Å². The van der Waals surface area contributed by atoms with Crippen LogP contribution in [-0.4, -0.2) is 36.5 Å². The number of benzene rings is 3. The minimum Gasteiger partial charge on any atom is -0.497 e. The number of nitrogens with one attached hydrogen (secondary N) is 1. The molecule has 1 N–H and O–H groups in total. The van der Waals surface area contributed by atoms with Crippen LogP contribution in [0, 0.1) is 6.92 Å². The first kappa shape index (κ1) is 24.3. The maximum atomic E-state index is 12.8. The van der Waals surface area contributed by atoms with Gasteiger partial charge in [0.25, 0.3) is 5.91 Å². The molecule has 6 heteroatoms. The summed E-state index contributed by atoms with van der Waals surface area (Å²) in [5.74, 6) is 1.20. The highest BCUT2D eigenvalue weighted by Crippen LogP contribution is 2.37. The van der Waals surface area contributed by atoms with Gasteiger partial charge in [-0.05, 0) is 73.4 Å². The number of anilines is 1. The number of carbonyl (C=O) groups excluding carboxylic acids is 2. The van der Waals surface area contributed by atoms with Crippen LogP contribution in [0.25, 0.3) is 0 Å². The average molecular weight is 473 g/mol. The van der Waals surface area contributed by atoms with Crippen molar-refractivity contribution < 1.29 is 19.1 Å². The van der Waals surface area contributed by atoms with Crippen molar-refractivity contribution in [2.24, 2.45) is 0 Å². The standard InChI is InChI=1S/C29H32N2O4/c1-5-27(32)31-17-16-21-10-13-25(18-26(21)28(31)22-8-6-19(2)7-9-22)35-20(3)29(33)30-23-11-14-24(34-4)15-12-23/h6-15,18,20,28H,5,16-17H2,1-4H3,(H,30,33)/t20-,28+/m0/s1. The van der Waals surface area contributed by atoms with Crippen LogP contribution < -0.4 is 14.8 Å². The van der Waals surface area contributed by atoms with Crippen LogP contribution in [0.1, 0.15) is 48.6 Å². The van der Waals surface area contributed by atoms with Crippen LogP contribution in [-0.2, 0) is 16.0 Å². The van der Waals surface area contributed by atoms with Crippen LogP contribution in [0.15, 0.2) is 66.7 Å². The van der Waals surface area contributed by atoms with Gasteiger partial charge in [-0.2, -0.15) is 0 Å². The number of fused-ring (bicyclic) bond motifs is 1. The third-order valence-corrected chi connectivity index (χ3v) is 6.40. The van der Waals surface area contributed by atoms with E-state index >= 15 is 0 Å². The number of rotatable bonds is 7. The Labute approximate surface area is 206 Å². The Balaban J connectivity index is 1.57. The maximum absolute atomic E-state index is 12.8. The Morgan fingerprint density at radius 3 is 2.37 bits per heavy atom. The Kier molecular flexibility index (Phi) is 7.39. The van der Waals surface area contributed by atoms with E-state index in [1.54, 1.807) is 38.3 Å². The first-order valence-corrected chi connectivity index (χ1v) is 12.0. The van der Waals surface area contributed by atoms with Crippen molar-refractivity contribution in [3.63, 3.8) is 0 Å². The SMILES string of the molecule is CCC(=O)N1CCc2ccc(O[C@@H](C)C(=O)Nc3ccc(OC)cc3)cc2[C@H]1c1ccc(C)cc1.